The number of anilines is 1. The van der Waals surface area contributed by atoms with Crippen LogP contribution in [0, 0.1) is 17.8 Å². The molecule has 0 radical (unpaired) electrons. The summed E-state index contributed by atoms with van der Waals surface area (Å²) < 4.78 is 11.3. The van der Waals surface area contributed by atoms with E-state index in [0.717, 1.165) is 5.69 Å². The standard InChI is InChI=1S/C24H19N5O5/c1-32-14-9-7-12(8-10-14)28-23(30)16-17(24(28)31)21-22-18(20(16)33-21)19(27-34-22)15-11-25-29(26-15)13-5-3-2-4-6-13/h2-11,16-18,20-22H,1H3. The van der Waals surface area contributed by atoms with Crippen molar-refractivity contribution in [2.75, 3.05) is 12.0 Å². The highest BCUT2D eigenvalue weighted by molar-refractivity contribution is 6.23. The van der Waals surface area contributed by atoms with E-state index in [4.69, 9.17) is 14.3 Å². The number of amides is 2. The fourth-order valence-electron chi connectivity index (χ4n) is 5.62. The number of carbonyl (C=O) groups is 2. The van der Waals surface area contributed by atoms with Crippen LogP contribution in [0.3, 0.4) is 0 Å². The number of oxime groups is 1. The Morgan fingerprint density at radius 1 is 0.853 bits per heavy atom. The van der Waals surface area contributed by atoms with E-state index in [0.29, 0.717) is 22.8 Å². The molecule has 34 heavy (non-hydrogen) atoms. The molecule has 3 aromatic rings. The Bertz CT molecular complexity index is 1340. The van der Waals surface area contributed by atoms with Crippen LogP contribution in [0.2, 0.25) is 0 Å². The number of hydrogen-bond donors (Lipinski definition) is 0. The number of fused-ring (bicyclic) bond motifs is 8. The van der Waals surface area contributed by atoms with Gasteiger partial charge < -0.3 is 14.3 Å². The second-order valence-corrected chi connectivity index (χ2v) is 8.75. The summed E-state index contributed by atoms with van der Waals surface area (Å²) in [4.78, 5) is 35.3. The summed E-state index contributed by atoms with van der Waals surface area (Å²) in [6.07, 6.45) is 0.149. The lowest BCUT2D eigenvalue weighted by Crippen LogP contribution is -2.45. The van der Waals surface area contributed by atoms with Crippen molar-refractivity contribution in [3.05, 3.63) is 66.5 Å². The second kappa shape index (κ2) is 6.97. The average Bonchev–Trinajstić information content (AvgIpc) is 3.67. The first kappa shape index (κ1) is 19.4. The van der Waals surface area contributed by atoms with E-state index in [9.17, 15) is 9.59 Å². The normalized spacial score (nSPS) is 30.9. The summed E-state index contributed by atoms with van der Waals surface area (Å²) in [7, 11) is 1.57. The molecule has 2 bridgehead atoms. The molecule has 10 heteroatoms. The smallest absolute Gasteiger partial charge is 0.240 e. The molecule has 6 unspecified atom stereocenters. The third-order valence-corrected chi connectivity index (χ3v) is 7.11. The average molecular weight is 457 g/mol. The SMILES string of the molecule is COc1ccc(N2C(=O)C3C4OC(C5C(c6cnn(-c7ccccc7)n6)=NOC45)C3C2=O)cc1. The van der Waals surface area contributed by atoms with Gasteiger partial charge in [0.05, 0.1) is 48.5 Å². The maximum atomic E-state index is 13.4. The Labute approximate surface area is 193 Å². The number of rotatable bonds is 4. The second-order valence-electron chi connectivity index (χ2n) is 8.75. The van der Waals surface area contributed by atoms with E-state index >= 15 is 0 Å². The molecular formula is C24H19N5O5. The molecule has 0 spiro atoms. The molecule has 3 fully saturated rings. The molecule has 0 saturated carbocycles. The Morgan fingerprint density at radius 3 is 2.32 bits per heavy atom. The number of imide groups is 1. The molecule has 6 atom stereocenters. The molecule has 5 heterocycles. The monoisotopic (exact) mass is 457 g/mol. The number of ether oxygens (including phenoxy) is 2. The van der Waals surface area contributed by atoms with Gasteiger partial charge in [-0.05, 0) is 36.4 Å². The van der Waals surface area contributed by atoms with Crippen LogP contribution >= 0.6 is 0 Å². The maximum absolute atomic E-state index is 13.4. The fourth-order valence-corrected chi connectivity index (χ4v) is 5.62. The molecule has 0 aliphatic carbocycles. The van der Waals surface area contributed by atoms with Crippen molar-refractivity contribution in [2.45, 2.75) is 18.3 Å². The van der Waals surface area contributed by atoms with Gasteiger partial charge in [0.2, 0.25) is 11.8 Å². The van der Waals surface area contributed by atoms with Crippen LogP contribution in [0.1, 0.15) is 5.69 Å². The van der Waals surface area contributed by atoms with Crippen molar-refractivity contribution in [2.24, 2.45) is 22.9 Å². The van der Waals surface area contributed by atoms with Gasteiger partial charge in [-0.15, -0.1) is 5.10 Å². The van der Waals surface area contributed by atoms with E-state index in [2.05, 4.69) is 15.4 Å². The lowest BCUT2D eigenvalue weighted by Gasteiger charge is -2.25. The summed E-state index contributed by atoms with van der Waals surface area (Å²) in [6, 6.07) is 16.4. The number of methoxy groups -OCH3 is 1. The summed E-state index contributed by atoms with van der Waals surface area (Å²) in [5, 5.41) is 13.2. The van der Waals surface area contributed by atoms with Crippen LogP contribution in [0.15, 0.2) is 65.9 Å². The van der Waals surface area contributed by atoms with Gasteiger partial charge in [-0.25, -0.2) is 4.90 Å². The van der Waals surface area contributed by atoms with Crippen molar-refractivity contribution >= 4 is 23.2 Å². The largest absolute Gasteiger partial charge is 0.497 e. The molecule has 10 nitrogen and oxygen atoms in total. The predicted octanol–water partition coefficient (Wildman–Crippen LogP) is 1.58. The van der Waals surface area contributed by atoms with Gasteiger partial charge in [0.15, 0.2) is 6.10 Å². The number of benzene rings is 2. The number of nitrogens with zero attached hydrogens (tertiary/aromatic N) is 5. The lowest BCUT2D eigenvalue weighted by molar-refractivity contribution is -0.125. The zero-order chi connectivity index (χ0) is 23.0. The van der Waals surface area contributed by atoms with Crippen LogP contribution in [0.25, 0.3) is 5.69 Å². The van der Waals surface area contributed by atoms with Crippen molar-refractivity contribution in [1.82, 2.24) is 15.0 Å². The Kier molecular flexibility index (Phi) is 3.98. The van der Waals surface area contributed by atoms with E-state index in [1.165, 1.54) is 9.70 Å². The Balaban J connectivity index is 1.19. The Morgan fingerprint density at radius 2 is 1.59 bits per heavy atom. The summed E-state index contributed by atoms with van der Waals surface area (Å²) in [5.74, 6) is -1.34. The number of carbonyl (C=O) groups excluding carboxylic acids is 2. The molecule has 0 N–H and O–H groups in total. The Hall–Kier alpha value is -4.05. The van der Waals surface area contributed by atoms with Gasteiger partial charge in [-0.1, -0.05) is 23.4 Å². The first-order valence-corrected chi connectivity index (χ1v) is 11.0. The zero-order valence-electron chi connectivity index (χ0n) is 18.0. The highest BCUT2D eigenvalue weighted by atomic mass is 16.7. The van der Waals surface area contributed by atoms with Crippen LogP contribution in [0.5, 0.6) is 5.75 Å². The highest BCUT2D eigenvalue weighted by Crippen LogP contribution is 2.55. The maximum Gasteiger partial charge on any atom is 0.240 e. The third-order valence-electron chi connectivity index (χ3n) is 7.11. The number of hydrogen-bond acceptors (Lipinski definition) is 8. The summed E-state index contributed by atoms with van der Waals surface area (Å²) in [5.41, 5.74) is 2.50. The third kappa shape index (κ3) is 2.51. The van der Waals surface area contributed by atoms with Crippen molar-refractivity contribution < 1.29 is 23.9 Å². The highest BCUT2D eigenvalue weighted by Gasteiger charge is 2.72. The van der Waals surface area contributed by atoms with E-state index < -0.39 is 30.1 Å². The quantitative estimate of drug-likeness (QED) is 0.548. The molecule has 1 aromatic heterocycles. The van der Waals surface area contributed by atoms with Gasteiger partial charge in [-0.2, -0.15) is 9.90 Å². The van der Waals surface area contributed by atoms with Crippen LogP contribution in [-0.2, 0) is 19.2 Å². The minimum absolute atomic E-state index is 0.259. The van der Waals surface area contributed by atoms with Gasteiger partial charge in [0, 0.05) is 0 Å². The molecule has 170 valence electrons. The zero-order valence-corrected chi connectivity index (χ0v) is 18.0. The lowest BCUT2D eigenvalue weighted by atomic mass is 9.72. The minimum atomic E-state index is -0.588. The molecule has 2 amide bonds. The summed E-state index contributed by atoms with van der Waals surface area (Å²) in [6.45, 7) is 0. The first-order chi connectivity index (χ1) is 16.7. The van der Waals surface area contributed by atoms with Crippen LogP contribution < -0.4 is 9.64 Å². The molecule has 4 aliphatic rings. The van der Waals surface area contributed by atoms with E-state index in [1.54, 1.807) is 37.6 Å². The van der Waals surface area contributed by atoms with E-state index in [-0.39, 0.29) is 17.7 Å². The topological polar surface area (TPSA) is 108 Å². The molecule has 2 aromatic carbocycles. The van der Waals surface area contributed by atoms with Gasteiger partial charge >= 0.3 is 0 Å². The number of aromatic nitrogens is 3. The van der Waals surface area contributed by atoms with Gasteiger partial charge in [-0.3, -0.25) is 9.59 Å². The number of para-hydroxylation sites is 1. The van der Waals surface area contributed by atoms with Crippen molar-refractivity contribution in [3.63, 3.8) is 0 Å². The summed E-state index contributed by atoms with van der Waals surface area (Å²) >= 11 is 0. The molecular weight excluding hydrogens is 438 g/mol. The first-order valence-electron chi connectivity index (χ1n) is 11.0. The fraction of sp³-hybridized carbons (Fsp3) is 0.292. The van der Waals surface area contributed by atoms with Crippen LogP contribution in [-0.4, -0.2) is 57.9 Å². The van der Waals surface area contributed by atoms with Crippen molar-refractivity contribution in [1.29, 1.82) is 0 Å². The molecule has 4 aliphatic heterocycles. The van der Waals surface area contributed by atoms with Crippen LogP contribution in [0.4, 0.5) is 5.69 Å². The van der Waals surface area contributed by atoms with E-state index in [1.807, 2.05) is 30.3 Å². The predicted molar refractivity (Wildman–Crippen MR) is 117 cm³/mol. The minimum Gasteiger partial charge on any atom is -0.497 e. The van der Waals surface area contributed by atoms with Gasteiger partial charge in [0.25, 0.3) is 0 Å². The molecule has 3 saturated heterocycles. The molecule has 7 rings (SSSR count). The van der Waals surface area contributed by atoms with Gasteiger partial charge in [0.1, 0.15) is 23.3 Å². The van der Waals surface area contributed by atoms with Crippen molar-refractivity contribution in [3.8, 4) is 11.4 Å².